The summed E-state index contributed by atoms with van der Waals surface area (Å²) in [6.45, 7) is 1.13. The van der Waals surface area contributed by atoms with Crippen LogP contribution in [0.25, 0.3) is 10.6 Å². The summed E-state index contributed by atoms with van der Waals surface area (Å²) in [4.78, 5) is 27.9. The van der Waals surface area contributed by atoms with Gasteiger partial charge in [-0.25, -0.2) is 19.7 Å². The Morgan fingerprint density at radius 1 is 1.26 bits per heavy atom. The number of likely N-dealkylation sites (tertiary alicyclic amines) is 1. The number of halogens is 1. The predicted octanol–water partition coefficient (Wildman–Crippen LogP) is 3.34. The lowest BCUT2D eigenvalue weighted by Gasteiger charge is -2.17. The van der Waals surface area contributed by atoms with E-state index in [1.165, 1.54) is 6.07 Å². The van der Waals surface area contributed by atoms with Crippen LogP contribution >= 0.6 is 11.3 Å². The van der Waals surface area contributed by atoms with Crippen molar-refractivity contribution in [2.45, 2.75) is 12.3 Å². The third kappa shape index (κ3) is 3.72. The molecule has 0 aromatic carbocycles. The zero-order valence-corrected chi connectivity index (χ0v) is 15.1. The number of urea groups is 1. The number of carbonyl (C=O) groups excluding carboxylic acids is 1. The number of hydrogen-bond acceptors (Lipinski definition) is 6. The van der Waals surface area contributed by atoms with Crippen LogP contribution in [0.5, 0.6) is 0 Å². The summed E-state index contributed by atoms with van der Waals surface area (Å²) in [6, 6.07) is 7.88. The van der Waals surface area contributed by atoms with Gasteiger partial charge in [0.05, 0.1) is 16.3 Å². The average Bonchev–Trinajstić information content (AvgIpc) is 3.34. The summed E-state index contributed by atoms with van der Waals surface area (Å²) in [5, 5.41) is 2.47. The molecular formula is C18H17FN6OS. The van der Waals surface area contributed by atoms with E-state index in [9.17, 15) is 9.18 Å². The lowest BCUT2D eigenvalue weighted by Crippen LogP contribution is -2.33. The minimum absolute atomic E-state index is 0.114. The van der Waals surface area contributed by atoms with Gasteiger partial charge in [-0.3, -0.25) is 5.32 Å². The van der Waals surface area contributed by atoms with E-state index in [-0.39, 0.29) is 22.9 Å². The second-order valence-electron chi connectivity index (χ2n) is 6.21. The van der Waals surface area contributed by atoms with Gasteiger partial charge in [0, 0.05) is 31.4 Å². The summed E-state index contributed by atoms with van der Waals surface area (Å²) >= 11 is 0.991. The maximum atomic E-state index is 13.3. The summed E-state index contributed by atoms with van der Waals surface area (Å²) in [5.41, 5.74) is 6.87. The number of amides is 2. The second-order valence-corrected chi connectivity index (χ2v) is 7.24. The van der Waals surface area contributed by atoms with Gasteiger partial charge in [-0.2, -0.15) is 4.39 Å². The third-order valence-corrected chi connectivity index (χ3v) is 5.30. The van der Waals surface area contributed by atoms with Crippen molar-refractivity contribution in [1.29, 1.82) is 0 Å². The molecule has 1 aliphatic heterocycles. The molecule has 0 saturated carbocycles. The summed E-state index contributed by atoms with van der Waals surface area (Å²) in [6.07, 6.45) is 4.21. The van der Waals surface area contributed by atoms with Gasteiger partial charge >= 0.3 is 6.03 Å². The lowest BCUT2D eigenvalue weighted by molar-refractivity contribution is 0.222. The Labute approximate surface area is 159 Å². The van der Waals surface area contributed by atoms with E-state index in [0.29, 0.717) is 29.3 Å². The van der Waals surface area contributed by atoms with Crippen molar-refractivity contribution in [3.63, 3.8) is 0 Å². The smallest absolute Gasteiger partial charge is 0.323 e. The van der Waals surface area contributed by atoms with Gasteiger partial charge in [-0.15, -0.1) is 11.3 Å². The number of nitrogen functional groups attached to an aromatic ring is 1. The van der Waals surface area contributed by atoms with Crippen LogP contribution in [0.2, 0.25) is 0 Å². The molecule has 138 valence electrons. The topological polar surface area (TPSA) is 97.0 Å². The van der Waals surface area contributed by atoms with Crippen molar-refractivity contribution in [2.24, 2.45) is 0 Å². The number of nitrogens with zero attached hydrogens (tertiary/aromatic N) is 4. The first-order valence-corrected chi connectivity index (χ1v) is 9.27. The fourth-order valence-electron chi connectivity index (χ4n) is 3.02. The molecule has 1 atom stereocenters. The SMILES string of the molecule is Nc1ccc(-c2ccc(F)s2)nc1NC(=O)N1CC[C@@H](c2ncccn2)C1. The maximum absolute atomic E-state index is 13.3. The monoisotopic (exact) mass is 384 g/mol. The molecule has 4 heterocycles. The zero-order chi connectivity index (χ0) is 18.8. The first kappa shape index (κ1) is 17.3. The largest absolute Gasteiger partial charge is 0.396 e. The van der Waals surface area contributed by atoms with Gasteiger partial charge in [0.2, 0.25) is 0 Å². The Hall–Kier alpha value is -3.07. The van der Waals surface area contributed by atoms with Crippen molar-refractivity contribution in [3.05, 3.63) is 53.7 Å². The number of aromatic nitrogens is 3. The lowest BCUT2D eigenvalue weighted by atomic mass is 10.1. The van der Waals surface area contributed by atoms with Crippen LogP contribution in [0.3, 0.4) is 0 Å². The summed E-state index contributed by atoms with van der Waals surface area (Å²) < 4.78 is 13.3. The molecule has 1 aliphatic rings. The van der Waals surface area contributed by atoms with Crippen LogP contribution < -0.4 is 11.1 Å². The van der Waals surface area contributed by atoms with Gasteiger partial charge in [0.25, 0.3) is 0 Å². The van der Waals surface area contributed by atoms with E-state index in [4.69, 9.17) is 5.73 Å². The summed E-state index contributed by atoms with van der Waals surface area (Å²) in [7, 11) is 0. The van der Waals surface area contributed by atoms with Crippen molar-refractivity contribution < 1.29 is 9.18 Å². The average molecular weight is 384 g/mol. The van der Waals surface area contributed by atoms with Crippen LogP contribution in [0.1, 0.15) is 18.2 Å². The van der Waals surface area contributed by atoms with Crippen LogP contribution in [-0.2, 0) is 0 Å². The molecule has 0 bridgehead atoms. The fraction of sp³-hybridized carbons (Fsp3) is 0.222. The molecule has 0 radical (unpaired) electrons. The van der Waals surface area contributed by atoms with Crippen molar-refractivity contribution >= 4 is 28.9 Å². The number of pyridine rings is 1. The first-order chi connectivity index (χ1) is 13.1. The number of anilines is 2. The van der Waals surface area contributed by atoms with Crippen LogP contribution in [0, 0.1) is 5.13 Å². The predicted molar refractivity (Wildman–Crippen MR) is 102 cm³/mol. The molecule has 7 nitrogen and oxygen atoms in total. The molecule has 1 saturated heterocycles. The first-order valence-electron chi connectivity index (χ1n) is 8.45. The Balaban J connectivity index is 1.47. The van der Waals surface area contributed by atoms with Gasteiger partial charge in [-0.1, -0.05) is 0 Å². The minimum atomic E-state index is -0.291. The molecule has 0 unspecified atom stereocenters. The third-order valence-electron chi connectivity index (χ3n) is 4.40. The molecule has 0 spiro atoms. The molecule has 3 aromatic heterocycles. The molecular weight excluding hydrogens is 367 g/mol. The van der Waals surface area contributed by atoms with Crippen molar-refractivity contribution in [3.8, 4) is 10.6 Å². The molecule has 27 heavy (non-hydrogen) atoms. The number of rotatable bonds is 3. The van der Waals surface area contributed by atoms with Gasteiger partial charge < -0.3 is 10.6 Å². The van der Waals surface area contributed by atoms with Crippen LogP contribution in [-0.4, -0.2) is 39.0 Å². The van der Waals surface area contributed by atoms with Crippen molar-refractivity contribution in [1.82, 2.24) is 19.9 Å². The van der Waals surface area contributed by atoms with E-state index >= 15 is 0 Å². The van der Waals surface area contributed by atoms with E-state index < -0.39 is 0 Å². The highest BCUT2D eigenvalue weighted by atomic mass is 32.1. The van der Waals surface area contributed by atoms with Crippen LogP contribution in [0.4, 0.5) is 20.7 Å². The second kappa shape index (κ2) is 7.28. The Kier molecular flexibility index (Phi) is 4.68. The highest BCUT2D eigenvalue weighted by Crippen LogP contribution is 2.29. The van der Waals surface area contributed by atoms with E-state index in [0.717, 1.165) is 23.6 Å². The number of thiophene rings is 1. The van der Waals surface area contributed by atoms with Gasteiger partial charge in [-0.05, 0) is 36.8 Å². The molecule has 3 aromatic rings. The number of nitrogens with one attached hydrogen (secondary N) is 1. The van der Waals surface area contributed by atoms with E-state index in [2.05, 4.69) is 20.3 Å². The molecule has 2 amide bonds. The molecule has 4 rings (SSSR count). The Morgan fingerprint density at radius 3 is 2.81 bits per heavy atom. The number of nitrogens with two attached hydrogens (primary N) is 1. The fourth-order valence-corrected chi connectivity index (χ4v) is 3.72. The van der Waals surface area contributed by atoms with Gasteiger partial charge in [0.1, 0.15) is 5.82 Å². The summed E-state index contributed by atoms with van der Waals surface area (Å²) in [5.74, 6) is 1.13. The zero-order valence-electron chi connectivity index (χ0n) is 14.3. The highest BCUT2D eigenvalue weighted by molar-refractivity contribution is 7.13. The van der Waals surface area contributed by atoms with Crippen LogP contribution in [0.15, 0.2) is 42.7 Å². The maximum Gasteiger partial charge on any atom is 0.323 e. The normalized spacial score (nSPS) is 16.5. The molecule has 9 heteroatoms. The molecule has 1 fully saturated rings. The van der Waals surface area contributed by atoms with Crippen molar-refractivity contribution in [2.75, 3.05) is 24.1 Å². The highest BCUT2D eigenvalue weighted by Gasteiger charge is 2.29. The van der Waals surface area contributed by atoms with Gasteiger partial charge in [0.15, 0.2) is 10.9 Å². The number of hydrogen-bond donors (Lipinski definition) is 2. The number of carbonyl (C=O) groups is 1. The Bertz CT molecular complexity index is 963. The minimum Gasteiger partial charge on any atom is -0.396 e. The quantitative estimate of drug-likeness (QED) is 0.722. The standard InChI is InChI=1S/C18H17FN6OS/c19-15-5-4-14(27-15)13-3-2-12(20)17(23-13)24-18(26)25-9-6-11(10-25)16-21-7-1-8-22-16/h1-5,7-8,11H,6,9-10,20H2,(H,23,24,26)/t11-/m1/s1. The van der Waals surface area contributed by atoms with E-state index in [1.807, 2.05) is 0 Å². The molecule has 3 N–H and O–H groups in total. The van der Waals surface area contributed by atoms with E-state index in [1.54, 1.807) is 41.6 Å². The molecule has 0 aliphatic carbocycles. The Morgan fingerprint density at radius 2 is 2.07 bits per heavy atom.